The molecule has 1 saturated heterocycles. The van der Waals surface area contributed by atoms with Crippen molar-refractivity contribution in [2.24, 2.45) is 5.73 Å². The normalized spacial score (nSPS) is 22.4. The molecule has 0 aliphatic carbocycles. The highest BCUT2D eigenvalue weighted by Crippen LogP contribution is 2.25. The summed E-state index contributed by atoms with van der Waals surface area (Å²) < 4.78 is 11.1. The second-order valence-electron chi connectivity index (χ2n) is 5.47. The SMILES string of the molecule is COc1cc(C)nc(N2CC(CN)OC(C)(C)C2)n1. The highest BCUT2D eigenvalue weighted by Gasteiger charge is 2.34. The molecule has 1 unspecified atom stereocenters. The number of rotatable bonds is 3. The summed E-state index contributed by atoms with van der Waals surface area (Å²) in [5.41, 5.74) is 6.36. The maximum absolute atomic E-state index is 5.91. The summed E-state index contributed by atoms with van der Waals surface area (Å²) in [5.74, 6) is 1.25. The molecular formula is C13H22N4O2. The standard InChI is InChI=1S/C13H22N4O2/c1-9-5-11(18-4)16-12(15-9)17-7-10(6-14)19-13(2,3)8-17/h5,10H,6-8,14H2,1-4H3. The van der Waals surface area contributed by atoms with Crippen molar-refractivity contribution in [3.8, 4) is 5.88 Å². The molecule has 19 heavy (non-hydrogen) atoms. The molecule has 0 spiro atoms. The van der Waals surface area contributed by atoms with Crippen LogP contribution in [-0.2, 0) is 4.74 Å². The minimum atomic E-state index is -0.261. The fraction of sp³-hybridized carbons (Fsp3) is 0.692. The summed E-state index contributed by atoms with van der Waals surface area (Å²) in [6.07, 6.45) is -0.00106. The summed E-state index contributed by atoms with van der Waals surface area (Å²) in [7, 11) is 1.61. The second kappa shape index (κ2) is 5.30. The van der Waals surface area contributed by atoms with Gasteiger partial charge >= 0.3 is 0 Å². The predicted molar refractivity (Wildman–Crippen MR) is 73.5 cm³/mol. The van der Waals surface area contributed by atoms with Gasteiger partial charge in [0.2, 0.25) is 11.8 Å². The molecule has 0 radical (unpaired) electrons. The lowest BCUT2D eigenvalue weighted by atomic mass is 10.1. The van der Waals surface area contributed by atoms with Crippen molar-refractivity contribution in [2.75, 3.05) is 31.6 Å². The molecule has 2 heterocycles. The Morgan fingerprint density at radius 1 is 1.53 bits per heavy atom. The minimum absolute atomic E-state index is 0.00106. The van der Waals surface area contributed by atoms with E-state index < -0.39 is 0 Å². The molecule has 1 aliphatic heterocycles. The minimum Gasteiger partial charge on any atom is -0.481 e. The van der Waals surface area contributed by atoms with Gasteiger partial charge in [-0.05, 0) is 20.8 Å². The molecule has 0 saturated carbocycles. The number of morpholine rings is 1. The lowest BCUT2D eigenvalue weighted by Crippen LogP contribution is -2.55. The van der Waals surface area contributed by atoms with Gasteiger partial charge in [-0.15, -0.1) is 0 Å². The molecule has 106 valence electrons. The van der Waals surface area contributed by atoms with Gasteiger partial charge < -0.3 is 20.1 Å². The van der Waals surface area contributed by atoms with Crippen LogP contribution >= 0.6 is 0 Å². The summed E-state index contributed by atoms with van der Waals surface area (Å²) >= 11 is 0. The second-order valence-corrected chi connectivity index (χ2v) is 5.47. The van der Waals surface area contributed by atoms with Crippen molar-refractivity contribution in [1.82, 2.24) is 9.97 Å². The molecule has 1 fully saturated rings. The number of hydrogen-bond acceptors (Lipinski definition) is 6. The number of methoxy groups -OCH3 is 1. The molecule has 2 rings (SSSR count). The third-order valence-electron chi connectivity index (χ3n) is 3.06. The Labute approximate surface area is 113 Å². The Morgan fingerprint density at radius 2 is 2.26 bits per heavy atom. The smallest absolute Gasteiger partial charge is 0.229 e. The maximum atomic E-state index is 5.91. The lowest BCUT2D eigenvalue weighted by molar-refractivity contribution is -0.0792. The van der Waals surface area contributed by atoms with E-state index in [9.17, 15) is 0 Å². The van der Waals surface area contributed by atoms with E-state index in [1.807, 2.05) is 13.0 Å². The predicted octanol–water partition coefficient (Wildman–Crippen LogP) is 0.736. The summed E-state index contributed by atoms with van der Waals surface area (Å²) in [6.45, 7) is 7.95. The van der Waals surface area contributed by atoms with Gasteiger partial charge in [0.15, 0.2) is 0 Å². The first-order chi connectivity index (χ1) is 8.93. The third kappa shape index (κ3) is 3.33. The number of hydrogen-bond donors (Lipinski definition) is 1. The monoisotopic (exact) mass is 266 g/mol. The first kappa shape index (κ1) is 14.0. The van der Waals surface area contributed by atoms with Gasteiger partial charge in [-0.3, -0.25) is 0 Å². The van der Waals surface area contributed by atoms with Gasteiger partial charge in [-0.25, -0.2) is 4.98 Å². The number of ether oxygens (including phenoxy) is 2. The summed E-state index contributed by atoms with van der Waals surface area (Å²) in [5, 5.41) is 0. The van der Waals surface area contributed by atoms with Crippen LogP contribution in [0.1, 0.15) is 19.5 Å². The highest BCUT2D eigenvalue weighted by molar-refractivity contribution is 5.36. The van der Waals surface area contributed by atoms with E-state index in [0.717, 1.165) is 12.2 Å². The van der Waals surface area contributed by atoms with Crippen LogP contribution in [0.2, 0.25) is 0 Å². The molecule has 1 atom stereocenters. The average Bonchev–Trinajstić information content (AvgIpc) is 2.36. The van der Waals surface area contributed by atoms with Crippen LogP contribution in [0.3, 0.4) is 0 Å². The zero-order valence-electron chi connectivity index (χ0n) is 12.0. The van der Waals surface area contributed by atoms with E-state index in [2.05, 4.69) is 28.7 Å². The molecular weight excluding hydrogens is 244 g/mol. The molecule has 1 aromatic rings. The molecule has 0 bridgehead atoms. The molecule has 6 nitrogen and oxygen atoms in total. The quantitative estimate of drug-likeness (QED) is 0.869. The van der Waals surface area contributed by atoms with Crippen molar-refractivity contribution >= 4 is 5.95 Å². The Kier molecular flexibility index (Phi) is 3.91. The Balaban J connectivity index is 2.27. The average molecular weight is 266 g/mol. The van der Waals surface area contributed by atoms with Crippen molar-refractivity contribution in [2.45, 2.75) is 32.5 Å². The van der Waals surface area contributed by atoms with Gasteiger partial charge in [-0.2, -0.15) is 4.98 Å². The number of nitrogens with zero attached hydrogens (tertiary/aromatic N) is 3. The topological polar surface area (TPSA) is 73.5 Å². The molecule has 1 aromatic heterocycles. The first-order valence-electron chi connectivity index (χ1n) is 6.46. The van der Waals surface area contributed by atoms with Crippen molar-refractivity contribution < 1.29 is 9.47 Å². The summed E-state index contributed by atoms with van der Waals surface area (Å²) in [6, 6.07) is 1.81. The number of aryl methyl sites for hydroxylation is 1. The van der Waals surface area contributed by atoms with E-state index in [4.69, 9.17) is 15.2 Å². The van der Waals surface area contributed by atoms with E-state index in [1.54, 1.807) is 7.11 Å². The maximum Gasteiger partial charge on any atom is 0.229 e. The van der Waals surface area contributed by atoms with Gasteiger partial charge in [-0.1, -0.05) is 0 Å². The summed E-state index contributed by atoms with van der Waals surface area (Å²) in [4.78, 5) is 11.0. The molecule has 2 N–H and O–H groups in total. The Hall–Kier alpha value is -1.40. The van der Waals surface area contributed by atoms with Gasteiger partial charge in [0.25, 0.3) is 0 Å². The zero-order valence-corrected chi connectivity index (χ0v) is 12.0. The Morgan fingerprint density at radius 3 is 2.89 bits per heavy atom. The zero-order chi connectivity index (χ0) is 14.0. The van der Waals surface area contributed by atoms with Crippen molar-refractivity contribution in [3.05, 3.63) is 11.8 Å². The van der Waals surface area contributed by atoms with E-state index in [-0.39, 0.29) is 11.7 Å². The van der Waals surface area contributed by atoms with Gasteiger partial charge in [0.1, 0.15) is 0 Å². The Bertz CT molecular complexity index is 450. The molecule has 0 amide bonds. The number of anilines is 1. The van der Waals surface area contributed by atoms with Gasteiger partial charge in [0.05, 0.1) is 18.8 Å². The highest BCUT2D eigenvalue weighted by atomic mass is 16.5. The number of aromatic nitrogens is 2. The largest absolute Gasteiger partial charge is 0.481 e. The van der Waals surface area contributed by atoms with Crippen LogP contribution in [0.15, 0.2) is 6.07 Å². The third-order valence-corrected chi connectivity index (χ3v) is 3.06. The van der Waals surface area contributed by atoms with Crippen molar-refractivity contribution in [1.29, 1.82) is 0 Å². The van der Waals surface area contributed by atoms with Crippen LogP contribution in [-0.4, -0.2) is 48.4 Å². The lowest BCUT2D eigenvalue weighted by Gasteiger charge is -2.42. The van der Waals surface area contributed by atoms with E-state index in [1.165, 1.54) is 0 Å². The molecule has 6 heteroatoms. The fourth-order valence-electron chi connectivity index (χ4n) is 2.34. The molecule has 1 aliphatic rings. The van der Waals surface area contributed by atoms with Crippen LogP contribution in [0.4, 0.5) is 5.95 Å². The first-order valence-corrected chi connectivity index (χ1v) is 6.46. The van der Waals surface area contributed by atoms with Crippen LogP contribution in [0, 0.1) is 6.92 Å². The van der Waals surface area contributed by atoms with Gasteiger partial charge in [0, 0.05) is 31.4 Å². The van der Waals surface area contributed by atoms with Crippen molar-refractivity contribution in [3.63, 3.8) is 0 Å². The van der Waals surface area contributed by atoms with E-state index in [0.29, 0.717) is 24.9 Å². The molecule has 0 aromatic carbocycles. The van der Waals surface area contributed by atoms with Crippen LogP contribution < -0.4 is 15.4 Å². The van der Waals surface area contributed by atoms with E-state index >= 15 is 0 Å². The van der Waals surface area contributed by atoms with Crippen LogP contribution in [0.5, 0.6) is 5.88 Å². The van der Waals surface area contributed by atoms with Crippen LogP contribution in [0.25, 0.3) is 0 Å². The number of nitrogens with two attached hydrogens (primary N) is 1. The fourth-order valence-corrected chi connectivity index (χ4v) is 2.34.